The first-order valence-corrected chi connectivity index (χ1v) is 16.7. The van der Waals surface area contributed by atoms with E-state index in [1.165, 1.54) is 65.5 Å². The van der Waals surface area contributed by atoms with Gasteiger partial charge in [-0.05, 0) is 100 Å². The summed E-state index contributed by atoms with van der Waals surface area (Å²) in [5.41, 5.74) is 1.74. The first-order chi connectivity index (χ1) is 24.9. The molecule has 264 valence electrons. The van der Waals surface area contributed by atoms with Crippen LogP contribution in [0.1, 0.15) is 49.5 Å². The van der Waals surface area contributed by atoms with Gasteiger partial charge in [-0.1, -0.05) is 0 Å². The third kappa shape index (κ3) is 6.27. The molecule has 3 aromatic carbocycles. The van der Waals surface area contributed by atoms with Gasteiger partial charge in [-0.3, -0.25) is 14.3 Å². The van der Waals surface area contributed by atoms with Crippen LogP contribution >= 0.6 is 0 Å². The van der Waals surface area contributed by atoms with Crippen molar-refractivity contribution in [1.82, 2.24) is 24.1 Å². The zero-order valence-corrected chi connectivity index (χ0v) is 28.4. The van der Waals surface area contributed by atoms with Crippen LogP contribution in [0.2, 0.25) is 0 Å². The Bertz CT molecular complexity index is 2460. The molecule has 4 heterocycles. The van der Waals surface area contributed by atoms with Gasteiger partial charge in [0.15, 0.2) is 11.6 Å². The first-order valence-electron chi connectivity index (χ1n) is 16.7. The van der Waals surface area contributed by atoms with E-state index in [1.807, 2.05) is 10.7 Å². The van der Waals surface area contributed by atoms with E-state index in [4.69, 9.17) is 14.2 Å². The molecule has 1 fully saturated rings. The molecule has 2 aliphatic rings. The van der Waals surface area contributed by atoms with Gasteiger partial charge in [-0.2, -0.15) is 14.9 Å². The number of carbonyl (C=O) groups excluding carboxylic acids is 2. The van der Waals surface area contributed by atoms with Crippen LogP contribution in [-0.4, -0.2) is 47.8 Å². The smallest absolute Gasteiger partial charge is 0.435 e. The molecule has 8 rings (SSSR count). The summed E-state index contributed by atoms with van der Waals surface area (Å²) in [6, 6.07) is 13.9. The lowest BCUT2D eigenvalue weighted by Crippen LogP contribution is -2.29. The summed E-state index contributed by atoms with van der Waals surface area (Å²) < 4.78 is 51.1. The molecular formula is C38H32F2N6O6. The van der Waals surface area contributed by atoms with Crippen LogP contribution in [0, 0.1) is 11.6 Å². The molecule has 6 aromatic rings. The number of anilines is 1. The second-order valence-corrected chi connectivity index (χ2v) is 13.7. The Hall–Kier alpha value is -6.31. The van der Waals surface area contributed by atoms with Crippen LogP contribution in [0.3, 0.4) is 0 Å². The number of nitrogens with one attached hydrogen (secondary N) is 1. The van der Waals surface area contributed by atoms with Gasteiger partial charge in [0.05, 0.1) is 23.6 Å². The number of halogens is 2. The predicted octanol–water partition coefficient (Wildman–Crippen LogP) is 7.25. The number of carbonyl (C=O) groups is 2. The third-order valence-electron chi connectivity index (χ3n) is 8.61. The Balaban J connectivity index is 1.08. The fraction of sp³-hybridized carbons (Fsp3) is 0.237. The SMILES string of the molecule is CC(C)(C)OC(=O)n1cc(-c2c(Oc3ccc(NC(=O)c4ccc(OC5CC5)n(-c5ccc(F)cc5)c4=O)cc3F)cc3c4c2cnn4CC3)cn1. The number of aryl methyl sites for hydroxylation is 2. The fourth-order valence-corrected chi connectivity index (χ4v) is 6.12. The number of amides is 1. The maximum absolute atomic E-state index is 15.7. The van der Waals surface area contributed by atoms with E-state index >= 15 is 4.39 Å². The van der Waals surface area contributed by atoms with Gasteiger partial charge < -0.3 is 19.5 Å². The molecule has 0 saturated heterocycles. The molecule has 52 heavy (non-hydrogen) atoms. The molecule has 1 saturated carbocycles. The minimum absolute atomic E-state index is 0.0426. The van der Waals surface area contributed by atoms with Gasteiger partial charge >= 0.3 is 6.09 Å². The highest BCUT2D eigenvalue weighted by Gasteiger charge is 2.28. The van der Waals surface area contributed by atoms with E-state index in [0.29, 0.717) is 35.5 Å². The van der Waals surface area contributed by atoms with Crippen LogP contribution in [-0.2, 0) is 17.7 Å². The van der Waals surface area contributed by atoms with Gasteiger partial charge in [-0.15, -0.1) is 0 Å². The highest BCUT2D eigenvalue weighted by atomic mass is 19.1. The summed E-state index contributed by atoms with van der Waals surface area (Å²) in [7, 11) is 0. The maximum Gasteiger partial charge on any atom is 0.435 e. The molecule has 1 aliphatic carbocycles. The molecule has 1 N–H and O–H groups in total. The second kappa shape index (κ2) is 12.5. The third-order valence-corrected chi connectivity index (χ3v) is 8.61. The average molecular weight is 707 g/mol. The van der Waals surface area contributed by atoms with Crippen molar-refractivity contribution in [2.24, 2.45) is 0 Å². The van der Waals surface area contributed by atoms with Gasteiger partial charge in [0.25, 0.3) is 11.5 Å². The summed E-state index contributed by atoms with van der Waals surface area (Å²) in [4.78, 5) is 39.7. The van der Waals surface area contributed by atoms with Crippen LogP contribution in [0.5, 0.6) is 17.4 Å². The number of hydrogen-bond acceptors (Lipinski definition) is 8. The van der Waals surface area contributed by atoms with E-state index in [-0.39, 0.29) is 29.0 Å². The van der Waals surface area contributed by atoms with Gasteiger partial charge in [0, 0.05) is 41.0 Å². The summed E-state index contributed by atoms with van der Waals surface area (Å²) in [6.07, 6.45) is 6.41. The Labute approximate surface area is 295 Å². The first kappa shape index (κ1) is 32.9. The highest BCUT2D eigenvalue weighted by Crippen LogP contribution is 2.43. The van der Waals surface area contributed by atoms with Crippen molar-refractivity contribution in [2.75, 3.05) is 5.32 Å². The predicted molar refractivity (Wildman–Crippen MR) is 186 cm³/mol. The van der Waals surface area contributed by atoms with E-state index in [1.54, 1.807) is 27.0 Å². The van der Waals surface area contributed by atoms with Crippen LogP contribution in [0.25, 0.3) is 27.7 Å². The van der Waals surface area contributed by atoms with Gasteiger partial charge in [0.1, 0.15) is 28.8 Å². The Morgan fingerprint density at radius 1 is 0.942 bits per heavy atom. The molecule has 3 aromatic heterocycles. The summed E-state index contributed by atoms with van der Waals surface area (Å²) in [5, 5.41) is 12.1. The number of benzene rings is 3. The zero-order valence-electron chi connectivity index (χ0n) is 28.4. The van der Waals surface area contributed by atoms with Crippen molar-refractivity contribution in [2.45, 2.75) is 58.3 Å². The van der Waals surface area contributed by atoms with Crippen LogP contribution in [0.4, 0.5) is 19.3 Å². The number of hydrogen-bond donors (Lipinski definition) is 1. The van der Waals surface area contributed by atoms with Crippen molar-refractivity contribution in [3.63, 3.8) is 0 Å². The number of nitrogens with zero attached hydrogens (tertiary/aromatic N) is 5. The lowest BCUT2D eigenvalue weighted by Gasteiger charge is -2.18. The topological polar surface area (TPSA) is 132 Å². The van der Waals surface area contributed by atoms with Crippen LogP contribution in [0.15, 0.2) is 84.0 Å². The lowest BCUT2D eigenvalue weighted by molar-refractivity contribution is 0.0514. The second-order valence-electron chi connectivity index (χ2n) is 13.7. The monoisotopic (exact) mass is 706 g/mol. The number of aromatic nitrogens is 5. The lowest BCUT2D eigenvalue weighted by atomic mass is 10.00. The standard InChI is InChI=1S/C38H32F2N6O6/c1-38(2,3)52-37(49)45-20-22(18-41-45)33-28-19-42-44-15-14-21(34(28)44)16-31(33)51-30-12-6-24(17-29(30)40)43-35(47)27-11-13-32(50-26-9-10-26)46(36(27)48)25-7-4-23(39)5-8-25/h4-8,11-13,16-20,26H,9-10,14-15H2,1-3H3,(H,43,47). The Morgan fingerprint density at radius 2 is 1.73 bits per heavy atom. The molecular weight excluding hydrogens is 674 g/mol. The van der Waals surface area contributed by atoms with E-state index in [0.717, 1.165) is 40.1 Å². The summed E-state index contributed by atoms with van der Waals surface area (Å²) in [6.45, 7) is 5.94. The largest absolute Gasteiger partial charge is 0.475 e. The average Bonchev–Trinajstić information content (AvgIpc) is 3.43. The Morgan fingerprint density at radius 3 is 2.46 bits per heavy atom. The molecule has 0 spiro atoms. The minimum Gasteiger partial charge on any atom is -0.475 e. The summed E-state index contributed by atoms with van der Waals surface area (Å²) >= 11 is 0. The van der Waals surface area contributed by atoms with E-state index < -0.39 is 34.8 Å². The maximum atomic E-state index is 15.7. The Kier molecular flexibility index (Phi) is 7.89. The van der Waals surface area contributed by atoms with Crippen molar-refractivity contribution in [1.29, 1.82) is 0 Å². The van der Waals surface area contributed by atoms with Crippen molar-refractivity contribution >= 4 is 28.6 Å². The van der Waals surface area contributed by atoms with Crippen molar-refractivity contribution in [3.8, 4) is 34.2 Å². The highest BCUT2D eigenvalue weighted by molar-refractivity contribution is 6.04. The quantitative estimate of drug-likeness (QED) is 0.175. The number of rotatable bonds is 8. The van der Waals surface area contributed by atoms with Gasteiger partial charge in [-0.25, -0.2) is 18.1 Å². The molecule has 1 amide bonds. The van der Waals surface area contributed by atoms with Crippen molar-refractivity contribution in [3.05, 3.63) is 112 Å². The molecule has 1 aliphatic heterocycles. The minimum atomic E-state index is -0.780. The zero-order chi connectivity index (χ0) is 36.3. The van der Waals surface area contributed by atoms with E-state index in [2.05, 4.69) is 15.5 Å². The van der Waals surface area contributed by atoms with E-state index in [9.17, 15) is 18.8 Å². The number of pyridine rings is 1. The van der Waals surface area contributed by atoms with Crippen LogP contribution < -0.4 is 20.3 Å². The fourth-order valence-electron chi connectivity index (χ4n) is 6.12. The molecule has 0 radical (unpaired) electrons. The molecule has 0 atom stereocenters. The molecule has 12 nitrogen and oxygen atoms in total. The molecule has 14 heteroatoms. The number of ether oxygens (including phenoxy) is 3. The van der Waals surface area contributed by atoms with Gasteiger partial charge in [0.2, 0.25) is 5.88 Å². The molecule has 0 unspecified atom stereocenters. The van der Waals surface area contributed by atoms with Crippen molar-refractivity contribution < 1.29 is 32.6 Å². The molecule has 0 bridgehead atoms. The summed E-state index contributed by atoms with van der Waals surface area (Å²) in [5.74, 6) is -1.62. The normalized spacial score (nSPS) is 13.7.